The van der Waals surface area contributed by atoms with E-state index >= 15 is 0 Å². The van der Waals surface area contributed by atoms with E-state index in [0.717, 1.165) is 31.3 Å². The SMILES string of the molecule is CC1(C(=O)Cl)CCc2c(sc3nc[nH]c(=O)c23)C1.C[C@H]1[C@@H](c2ccccc2)OC(=O)N1C(=O)C1(C)CCc2c(sc3nc[nH]c(=O)c23)C1. The molecule has 1 saturated heterocycles. The Morgan fingerprint density at radius 1 is 0.875 bits per heavy atom. The van der Waals surface area contributed by atoms with Crippen molar-refractivity contribution in [2.45, 2.75) is 71.4 Å². The molecule has 2 unspecified atom stereocenters. The number of imide groups is 1. The van der Waals surface area contributed by atoms with Crippen molar-refractivity contribution < 1.29 is 19.1 Å². The maximum absolute atomic E-state index is 13.6. The van der Waals surface area contributed by atoms with Gasteiger partial charge in [-0.25, -0.2) is 19.7 Å². The van der Waals surface area contributed by atoms with E-state index in [1.54, 1.807) is 0 Å². The zero-order valence-electron chi connectivity index (χ0n) is 26.4. The zero-order valence-corrected chi connectivity index (χ0v) is 28.8. The first-order chi connectivity index (χ1) is 22.9. The van der Waals surface area contributed by atoms with Crippen LogP contribution in [0.25, 0.3) is 20.4 Å². The van der Waals surface area contributed by atoms with Gasteiger partial charge in [0.1, 0.15) is 15.8 Å². The van der Waals surface area contributed by atoms with Crippen LogP contribution >= 0.6 is 34.3 Å². The number of aromatic amines is 2. The number of aromatic nitrogens is 4. The highest BCUT2D eigenvalue weighted by Gasteiger charge is 2.50. The Morgan fingerprint density at radius 3 is 1.94 bits per heavy atom. The number of H-pyrrole nitrogens is 2. The highest BCUT2D eigenvalue weighted by molar-refractivity contribution is 7.19. The first-order valence-electron chi connectivity index (χ1n) is 15.7. The Bertz CT molecular complexity index is 2230. The summed E-state index contributed by atoms with van der Waals surface area (Å²) < 4.78 is 5.58. The van der Waals surface area contributed by atoms with E-state index in [0.29, 0.717) is 54.1 Å². The molecule has 1 aliphatic heterocycles. The van der Waals surface area contributed by atoms with Crippen LogP contribution in [0, 0.1) is 10.8 Å². The van der Waals surface area contributed by atoms with Crippen LogP contribution in [0.3, 0.4) is 0 Å². The number of benzene rings is 1. The molecule has 2 aliphatic carbocycles. The molecule has 5 aromatic rings. The number of nitrogens with zero attached hydrogens (tertiary/aromatic N) is 3. The van der Waals surface area contributed by atoms with Gasteiger partial charge in [-0.05, 0) is 73.7 Å². The van der Waals surface area contributed by atoms with Crippen molar-refractivity contribution in [2.24, 2.45) is 10.8 Å². The number of hydrogen-bond donors (Lipinski definition) is 2. The summed E-state index contributed by atoms with van der Waals surface area (Å²) >= 11 is 8.63. The Hall–Kier alpha value is -4.20. The van der Waals surface area contributed by atoms with Crippen molar-refractivity contribution in [3.05, 3.63) is 90.1 Å². The molecule has 4 atom stereocenters. The van der Waals surface area contributed by atoms with Crippen LogP contribution < -0.4 is 11.1 Å². The number of carbonyl (C=O) groups excluding carboxylic acids is 3. The first-order valence-corrected chi connectivity index (χ1v) is 17.7. The molecule has 11 nitrogen and oxygen atoms in total. The van der Waals surface area contributed by atoms with Crippen LogP contribution in [0.4, 0.5) is 4.79 Å². The van der Waals surface area contributed by atoms with E-state index in [1.165, 1.54) is 40.2 Å². The third-order valence-electron chi connectivity index (χ3n) is 9.92. The van der Waals surface area contributed by atoms with Gasteiger partial charge < -0.3 is 14.7 Å². The normalized spacial score (nSPS) is 24.8. The van der Waals surface area contributed by atoms with Crippen LogP contribution in [0.5, 0.6) is 0 Å². The van der Waals surface area contributed by atoms with E-state index in [-0.39, 0.29) is 22.3 Å². The van der Waals surface area contributed by atoms with Gasteiger partial charge in [-0.2, -0.15) is 0 Å². The van der Waals surface area contributed by atoms with Gasteiger partial charge in [-0.3, -0.25) is 19.2 Å². The molecule has 48 heavy (non-hydrogen) atoms. The van der Waals surface area contributed by atoms with Crippen molar-refractivity contribution in [3.63, 3.8) is 0 Å². The topological polar surface area (TPSA) is 155 Å². The van der Waals surface area contributed by atoms with Crippen molar-refractivity contribution in [3.8, 4) is 0 Å². The summed E-state index contributed by atoms with van der Waals surface area (Å²) in [7, 11) is 0. The Balaban J connectivity index is 0.000000172. The third kappa shape index (κ3) is 5.37. The van der Waals surface area contributed by atoms with Crippen LogP contribution in [0.15, 0.2) is 52.6 Å². The lowest BCUT2D eigenvalue weighted by molar-refractivity contribution is -0.139. The summed E-state index contributed by atoms with van der Waals surface area (Å²) in [6.45, 7) is 5.63. The molecular formula is C34H32ClN5O6S2. The molecule has 0 radical (unpaired) electrons. The van der Waals surface area contributed by atoms with Crippen molar-refractivity contribution in [2.75, 3.05) is 0 Å². The number of thiophene rings is 2. The van der Waals surface area contributed by atoms with Gasteiger partial charge in [0.05, 0.1) is 34.9 Å². The smallest absolute Gasteiger partial charge is 0.417 e. The highest BCUT2D eigenvalue weighted by Crippen LogP contribution is 2.45. The molecule has 5 heterocycles. The lowest BCUT2D eigenvalue weighted by atomic mass is 9.74. The van der Waals surface area contributed by atoms with Gasteiger partial charge in [0.2, 0.25) is 11.1 Å². The van der Waals surface area contributed by atoms with E-state index in [9.17, 15) is 24.0 Å². The van der Waals surface area contributed by atoms with Gasteiger partial charge in [0.15, 0.2) is 0 Å². The number of amides is 2. The maximum Gasteiger partial charge on any atom is 0.417 e. The summed E-state index contributed by atoms with van der Waals surface area (Å²) in [5.41, 5.74) is 1.41. The molecule has 14 heteroatoms. The van der Waals surface area contributed by atoms with Crippen molar-refractivity contribution in [1.82, 2.24) is 24.8 Å². The fourth-order valence-corrected chi connectivity index (χ4v) is 9.97. The first kappa shape index (κ1) is 32.4. The van der Waals surface area contributed by atoms with Crippen LogP contribution in [0.2, 0.25) is 0 Å². The molecule has 2 amide bonds. The van der Waals surface area contributed by atoms with Gasteiger partial charge in [0, 0.05) is 15.2 Å². The molecule has 248 valence electrons. The number of halogens is 1. The van der Waals surface area contributed by atoms with Crippen LogP contribution in [0.1, 0.15) is 66.2 Å². The minimum Gasteiger partial charge on any atom is -0.439 e. The molecule has 8 rings (SSSR count). The van der Waals surface area contributed by atoms with Crippen molar-refractivity contribution in [1.29, 1.82) is 0 Å². The summed E-state index contributed by atoms with van der Waals surface area (Å²) in [6.07, 6.45) is 5.39. The lowest BCUT2D eigenvalue weighted by Crippen LogP contribution is -2.48. The predicted molar refractivity (Wildman–Crippen MR) is 184 cm³/mol. The van der Waals surface area contributed by atoms with Crippen LogP contribution in [-0.4, -0.2) is 48.1 Å². The summed E-state index contributed by atoms with van der Waals surface area (Å²) in [4.78, 5) is 80.3. The average molecular weight is 706 g/mol. The number of ether oxygens (including phenoxy) is 1. The Kier molecular flexibility index (Phi) is 8.12. The highest BCUT2D eigenvalue weighted by atomic mass is 35.5. The number of carbonyl (C=O) groups is 3. The standard InChI is InChI=1S/C22H21N3O4S.C12H11ClN2O2S/c1-12-17(13-6-4-3-5-7-13)29-21(28)25(12)20(27)22(2)9-8-14-15(10-22)30-19-16(14)18(26)23-11-24-19;1-12(11(13)17)3-2-6-7(4-12)18-10-8(6)9(16)14-5-15-10/h3-7,11-12,17H,8-10H2,1-2H3,(H,23,24,26);5H,2-4H2,1H3,(H,14,15,16)/t12-,17-,22?;/m0./s1. The van der Waals surface area contributed by atoms with E-state index in [1.807, 2.05) is 51.1 Å². The number of rotatable bonds is 3. The Labute approximate surface area is 287 Å². The van der Waals surface area contributed by atoms with Gasteiger partial charge in [-0.1, -0.05) is 44.2 Å². The molecule has 0 spiro atoms. The fourth-order valence-electron chi connectivity index (χ4n) is 7.05. The van der Waals surface area contributed by atoms with Gasteiger partial charge in [0.25, 0.3) is 11.1 Å². The quantitative estimate of drug-likeness (QED) is 0.222. The summed E-state index contributed by atoms with van der Waals surface area (Å²) in [6, 6.07) is 9.09. The molecule has 3 aliphatic rings. The van der Waals surface area contributed by atoms with E-state index in [2.05, 4.69) is 19.9 Å². The fraction of sp³-hybridized carbons (Fsp3) is 0.382. The van der Waals surface area contributed by atoms with Crippen molar-refractivity contribution >= 4 is 72.0 Å². The number of fused-ring (bicyclic) bond motifs is 6. The molecule has 1 aromatic carbocycles. The molecule has 4 aromatic heterocycles. The average Bonchev–Trinajstić information content (AvgIpc) is 3.71. The second kappa shape index (κ2) is 12.0. The molecule has 1 fully saturated rings. The number of nitrogens with one attached hydrogen (secondary N) is 2. The number of hydrogen-bond acceptors (Lipinski definition) is 10. The monoisotopic (exact) mass is 705 g/mol. The van der Waals surface area contributed by atoms with E-state index < -0.39 is 29.1 Å². The third-order valence-corrected chi connectivity index (χ3v) is 12.7. The molecule has 2 N–H and O–H groups in total. The summed E-state index contributed by atoms with van der Waals surface area (Å²) in [5, 5.41) is 1.01. The second-order valence-corrected chi connectivity index (χ2v) is 15.7. The number of cyclic esters (lactones) is 1. The van der Waals surface area contributed by atoms with Crippen LogP contribution in [-0.2, 0) is 40.0 Å². The second-order valence-electron chi connectivity index (χ2n) is 13.2. The summed E-state index contributed by atoms with van der Waals surface area (Å²) in [5.74, 6) is -0.219. The molecule has 0 bridgehead atoms. The van der Waals surface area contributed by atoms with Gasteiger partial charge in [-0.15, -0.1) is 22.7 Å². The number of aryl methyl sites for hydroxylation is 2. The molecular weight excluding hydrogens is 674 g/mol. The van der Waals surface area contributed by atoms with E-state index in [4.69, 9.17) is 16.3 Å². The predicted octanol–water partition coefficient (Wildman–Crippen LogP) is 5.83. The largest absolute Gasteiger partial charge is 0.439 e. The Morgan fingerprint density at radius 2 is 1.40 bits per heavy atom. The minimum absolute atomic E-state index is 0.0988. The van der Waals surface area contributed by atoms with Gasteiger partial charge >= 0.3 is 6.09 Å². The molecule has 0 saturated carbocycles. The minimum atomic E-state index is -0.737. The maximum atomic E-state index is 13.6. The lowest BCUT2D eigenvalue weighted by Gasteiger charge is -2.35. The zero-order chi connectivity index (χ0) is 34.0.